The lowest BCUT2D eigenvalue weighted by Crippen LogP contribution is -2.46. The molecule has 1 aliphatic heterocycles. The number of nitriles is 1. The molecule has 0 radical (unpaired) electrons. The molecule has 3 amide bonds. The maximum Gasteiger partial charge on any atom is 0.326 e. The number of amides is 3. The van der Waals surface area contributed by atoms with Crippen LogP contribution in [0.3, 0.4) is 0 Å². The average Bonchev–Trinajstić information content (AvgIpc) is 2.62. The minimum absolute atomic E-state index is 0.0283. The molecule has 2 rings (SSSR count). The van der Waals surface area contributed by atoms with Crippen LogP contribution in [0.2, 0.25) is 0 Å². The third-order valence-electron chi connectivity index (χ3n) is 4.01. The van der Waals surface area contributed by atoms with E-state index in [1.807, 2.05) is 6.07 Å². The van der Waals surface area contributed by atoms with Gasteiger partial charge in [-0.1, -0.05) is 18.2 Å². The Labute approximate surface area is 150 Å². The number of carbonyl (C=O) groups excluding carboxylic acids is 4. The second-order valence-corrected chi connectivity index (χ2v) is 5.92. The maximum atomic E-state index is 12.4. The standard InChI is InChI=1S/C18H19N3O5/c1-12(17(24)20(2)9-5-8-19)26-16(23)11-21-15(22)10-13-6-3-4-7-14(13)18(21)25/h3-4,6-7,12H,5,9-11H2,1-2H3/t12-/m1/s1. The van der Waals surface area contributed by atoms with Crippen LogP contribution in [0.1, 0.15) is 29.3 Å². The molecule has 1 heterocycles. The molecule has 26 heavy (non-hydrogen) atoms. The smallest absolute Gasteiger partial charge is 0.326 e. The van der Waals surface area contributed by atoms with Crippen LogP contribution in [0.15, 0.2) is 24.3 Å². The Morgan fingerprint density at radius 2 is 2.04 bits per heavy atom. The number of hydrogen-bond donors (Lipinski definition) is 0. The van der Waals surface area contributed by atoms with E-state index in [2.05, 4.69) is 0 Å². The fraction of sp³-hybridized carbons (Fsp3) is 0.389. The highest BCUT2D eigenvalue weighted by atomic mass is 16.5. The number of rotatable bonds is 6. The van der Waals surface area contributed by atoms with E-state index in [0.717, 1.165) is 4.90 Å². The number of ether oxygens (including phenoxy) is 1. The van der Waals surface area contributed by atoms with Crippen LogP contribution in [0.25, 0.3) is 0 Å². The van der Waals surface area contributed by atoms with Gasteiger partial charge in [0.15, 0.2) is 6.10 Å². The largest absolute Gasteiger partial charge is 0.451 e. The molecule has 0 aromatic heterocycles. The molecule has 136 valence electrons. The van der Waals surface area contributed by atoms with Crippen LogP contribution in [0.4, 0.5) is 0 Å². The van der Waals surface area contributed by atoms with Crippen LogP contribution in [0.5, 0.6) is 0 Å². The van der Waals surface area contributed by atoms with Gasteiger partial charge in [0.2, 0.25) is 5.91 Å². The molecule has 0 fully saturated rings. The Hall–Kier alpha value is -3.21. The zero-order chi connectivity index (χ0) is 19.3. The number of likely N-dealkylation sites (N-methyl/N-ethyl adjacent to an activating group) is 1. The van der Waals surface area contributed by atoms with Crippen molar-refractivity contribution in [3.05, 3.63) is 35.4 Å². The summed E-state index contributed by atoms with van der Waals surface area (Å²) in [4.78, 5) is 50.8. The van der Waals surface area contributed by atoms with Gasteiger partial charge in [0.25, 0.3) is 11.8 Å². The van der Waals surface area contributed by atoms with Crippen molar-refractivity contribution in [3.63, 3.8) is 0 Å². The highest BCUT2D eigenvalue weighted by Crippen LogP contribution is 2.19. The van der Waals surface area contributed by atoms with Gasteiger partial charge < -0.3 is 9.64 Å². The molecule has 1 aromatic rings. The second kappa shape index (κ2) is 8.25. The predicted molar refractivity (Wildman–Crippen MR) is 89.6 cm³/mol. The van der Waals surface area contributed by atoms with Crippen LogP contribution >= 0.6 is 0 Å². The Morgan fingerprint density at radius 3 is 2.73 bits per heavy atom. The first-order valence-corrected chi connectivity index (χ1v) is 8.09. The van der Waals surface area contributed by atoms with E-state index in [0.29, 0.717) is 11.1 Å². The van der Waals surface area contributed by atoms with Crippen LogP contribution < -0.4 is 0 Å². The molecule has 1 aromatic carbocycles. The zero-order valence-electron chi connectivity index (χ0n) is 14.6. The topological polar surface area (TPSA) is 108 Å². The molecule has 0 saturated heterocycles. The fourth-order valence-corrected chi connectivity index (χ4v) is 2.61. The number of imide groups is 1. The van der Waals surface area contributed by atoms with Crippen LogP contribution in [0, 0.1) is 11.3 Å². The molecule has 8 nitrogen and oxygen atoms in total. The first kappa shape index (κ1) is 19.1. The minimum atomic E-state index is -1.08. The lowest BCUT2D eigenvalue weighted by molar-refractivity contribution is -0.160. The van der Waals surface area contributed by atoms with E-state index in [4.69, 9.17) is 10.00 Å². The molecule has 8 heteroatoms. The summed E-state index contributed by atoms with van der Waals surface area (Å²) in [5, 5.41) is 8.54. The molecule has 0 spiro atoms. The molecule has 0 unspecified atom stereocenters. The Bertz CT molecular complexity index is 783. The summed E-state index contributed by atoms with van der Waals surface area (Å²) in [6.45, 7) is 1.07. The molecule has 0 bridgehead atoms. The van der Waals surface area contributed by atoms with Crippen molar-refractivity contribution in [2.24, 2.45) is 0 Å². The summed E-state index contributed by atoms with van der Waals surface area (Å²) < 4.78 is 5.04. The Balaban J connectivity index is 1.97. The van der Waals surface area contributed by atoms with Gasteiger partial charge in [-0.2, -0.15) is 5.26 Å². The summed E-state index contributed by atoms with van der Waals surface area (Å²) in [5.74, 6) is -2.36. The van der Waals surface area contributed by atoms with E-state index < -0.39 is 36.3 Å². The van der Waals surface area contributed by atoms with E-state index in [1.54, 1.807) is 24.3 Å². The van der Waals surface area contributed by atoms with Crippen LogP contribution in [-0.4, -0.2) is 59.7 Å². The number of esters is 1. The Kier molecular flexibility index (Phi) is 6.07. The van der Waals surface area contributed by atoms with Gasteiger partial charge in [-0.3, -0.25) is 24.1 Å². The lowest BCUT2D eigenvalue weighted by Gasteiger charge is -2.26. The molecule has 1 aliphatic rings. The van der Waals surface area contributed by atoms with Gasteiger partial charge in [0.1, 0.15) is 6.54 Å². The molecule has 0 saturated carbocycles. The summed E-state index contributed by atoms with van der Waals surface area (Å²) in [5.41, 5.74) is 0.995. The number of benzene rings is 1. The average molecular weight is 357 g/mol. The van der Waals surface area contributed by atoms with Crippen LogP contribution in [-0.2, 0) is 25.5 Å². The van der Waals surface area contributed by atoms with Crippen molar-refractivity contribution in [3.8, 4) is 6.07 Å². The molecule has 0 aliphatic carbocycles. The van der Waals surface area contributed by atoms with Crippen molar-refractivity contribution < 1.29 is 23.9 Å². The first-order valence-electron chi connectivity index (χ1n) is 8.09. The third kappa shape index (κ3) is 4.25. The summed E-state index contributed by atoms with van der Waals surface area (Å²) in [6.07, 6.45) is -0.881. The van der Waals surface area contributed by atoms with Crippen molar-refractivity contribution in [2.45, 2.75) is 25.9 Å². The van der Waals surface area contributed by atoms with E-state index in [1.165, 1.54) is 18.9 Å². The third-order valence-corrected chi connectivity index (χ3v) is 4.01. The second-order valence-electron chi connectivity index (χ2n) is 5.92. The molecular formula is C18H19N3O5. The first-order chi connectivity index (χ1) is 12.3. The van der Waals surface area contributed by atoms with E-state index in [-0.39, 0.29) is 19.4 Å². The Morgan fingerprint density at radius 1 is 1.35 bits per heavy atom. The van der Waals surface area contributed by atoms with Crippen molar-refractivity contribution in [1.82, 2.24) is 9.80 Å². The van der Waals surface area contributed by atoms with Gasteiger partial charge >= 0.3 is 5.97 Å². The van der Waals surface area contributed by atoms with Gasteiger partial charge in [0.05, 0.1) is 18.9 Å². The summed E-state index contributed by atoms with van der Waals surface area (Å²) in [7, 11) is 1.50. The lowest BCUT2D eigenvalue weighted by atomic mass is 9.98. The summed E-state index contributed by atoms with van der Waals surface area (Å²) >= 11 is 0. The van der Waals surface area contributed by atoms with Crippen molar-refractivity contribution in [2.75, 3.05) is 20.1 Å². The number of fused-ring (bicyclic) bond motifs is 1. The zero-order valence-corrected chi connectivity index (χ0v) is 14.6. The quantitative estimate of drug-likeness (QED) is 0.542. The van der Waals surface area contributed by atoms with Gasteiger partial charge in [-0.15, -0.1) is 0 Å². The van der Waals surface area contributed by atoms with E-state index in [9.17, 15) is 19.2 Å². The highest BCUT2D eigenvalue weighted by molar-refractivity contribution is 6.11. The monoisotopic (exact) mass is 357 g/mol. The van der Waals surface area contributed by atoms with E-state index >= 15 is 0 Å². The SMILES string of the molecule is C[C@@H](OC(=O)CN1C(=O)Cc2ccccc2C1=O)C(=O)N(C)CCC#N. The number of carbonyl (C=O) groups is 4. The van der Waals surface area contributed by atoms with Crippen molar-refractivity contribution >= 4 is 23.7 Å². The minimum Gasteiger partial charge on any atom is -0.451 e. The number of hydrogen-bond acceptors (Lipinski definition) is 6. The molecule has 0 N–H and O–H groups in total. The normalized spacial score (nSPS) is 14.3. The maximum absolute atomic E-state index is 12.4. The predicted octanol–water partition coefficient (Wildman–Crippen LogP) is 0.515. The van der Waals surface area contributed by atoms with Gasteiger partial charge in [0, 0.05) is 19.2 Å². The number of nitrogens with zero attached hydrogens (tertiary/aromatic N) is 3. The molecular weight excluding hydrogens is 338 g/mol. The summed E-state index contributed by atoms with van der Waals surface area (Å²) in [6, 6.07) is 8.63. The van der Waals surface area contributed by atoms with Crippen molar-refractivity contribution in [1.29, 1.82) is 5.26 Å². The molecule has 1 atom stereocenters. The van der Waals surface area contributed by atoms with Gasteiger partial charge in [-0.25, -0.2) is 0 Å². The fourth-order valence-electron chi connectivity index (χ4n) is 2.61. The highest BCUT2D eigenvalue weighted by Gasteiger charge is 2.33. The van der Waals surface area contributed by atoms with Gasteiger partial charge in [-0.05, 0) is 18.6 Å².